The zero-order valence-electron chi connectivity index (χ0n) is 12.8. The predicted molar refractivity (Wildman–Crippen MR) is 90.9 cm³/mol. The third-order valence-electron chi connectivity index (χ3n) is 4.56. The number of hydrogen-bond acceptors (Lipinski definition) is 5. The van der Waals surface area contributed by atoms with Crippen molar-refractivity contribution in [3.05, 3.63) is 46.1 Å². The number of aromatic nitrogens is 4. The van der Waals surface area contributed by atoms with Gasteiger partial charge in [0.1, 0.15) is 4.70 Å². The maximum absolute atomic E-state index is 12.4. The molecule has 1 aliphatic heterocycles. The van der Waals surface area contributed by atoms with Gasteiger partial charge in [0, 0.05) is 37.4 Å². The van der Waals surface area contributed by atoms with E-state index >= 15 is 0 Å². The van der Waals surface area contributed by atoms with Crippen molar-refractivity contribution in [3.63, 3.8) is 0 Å². The number of thiophene rings is 1. The summed E-state index contributed by atoms with van der Waals surface area (Å²) in [5.41, 5.74) is 2.09. The lowest BCUT2D eigenvalue weighted by atomic mass is 9.95. The average Bonchev–Trinajstić information content (AvgIpc) is 3.26. The first-order valence-corrected chi connectivity index (χ1v) is 8.83. The van der Waals surface area contributed by atoms with E-state index in [-0.39, 0.29) is 5.56 Å². The van der Waals surface area contributed by atoms with Crippen LogP contribution in [0.5, 0.6) is 0 Å². The van der Waals surface area contributed by atoms with E-state index in [2.05, 4.69) is 26.1 Å². The van der Waals surface area contributed by atoms with Crippen molar-refractivity contribution >= 4 is 21.6 Å². The molecule has 0 amide bonds. The monoisotopic (exact) mass is 329 g/mol. The van der Waals surface area contributed by atoms with E-state index in [1.165, 1.54) is 29.9 Å². The molecule has 23 heavy (non-hydrogen) atoms. The van der Waals surface area contributed by atoms with E-state index in [0.717, 1.165) is 29.9 Å². The first-order valence-electron chi connectivity index (χ1n) is 7.95. The van der Waals surface area contributed by atoms with Gasteiger partial charge in [0.2, 0.25) is 0 Å². The summed E-state index contributed by atoms with van der Waals surface area (Å²) in [5.74, 6) is 0.515. The second-order valence-corrected chi connectivity index (χ2v) is 6.95. The molecule has 0 saturated carbocycles. The van der Waals surface area contributed by atoms with Gasteiger partial charge in [0.15, 0.2) is 0 Å². The lowest BCUT2D eigenvalue weighted by molar-refractivity contribution is 0.198. The Morgan fingerprint density at radius 3 is 3.17 bits per heavy atom. The summed E-state index contributed by atoms with van der Waals surface area (Å²) in [4.78, 5) is 19.2. The summed E-state index contributed by atoms with van der Waals surface area (Å²) in [6.07, 6.45) is 5.87. The number of nitrogens with one attached hydrogen (secondary N) is 1. The van der Waals surface area contributed by atoms with Crippen molar-refractivity contribution in [2.45, 2.75) is 25.3 Å². The molecule has 7 heteroatoms. The Morgan fingerprint density at radius 1 is 1.35 bits per heavy atom. The third kappa shape index (κ3) is 2.94. The summed E-state index contributed by atoms with van der Waals surface area (Å²) >= 11 is 1.47. The fourth-order valence-corrected chi connectivity index (χ4v) is 4.09. The molecule has 6 nitrogen and oxygen atoms in total. The number of aromatic amines is 1. The molecule has 1 saturated heterocycles. The number of rotatable bonds is 4. The standard InChI is InChI=1S/C16H19N5OS/c22-16-15-14(4-9-23-15)17-11-21(16)8-7-20-6-1-2-12(10-20)13-3-5-18-19-13/h3-5,9,11-12H,1-2,6-8,10H2,(H,18,19)/t12-/m1/s1. The molecule has 4 heterocycles. The molecular weight excluding hydrogens is 310 g/mol. The molecule has 0 bridgehead atoms. The predicted octanol–water partition coefficient (Wildman–Crippen LogP) is 2.06. The summed E-state index contributed by atoms with van der Waals surface area (Å²) in [6.45, 7) is 3.68. The number of H-pyrrole nitrogens is 1. The molecule has 3 aromatic heterocycles. The van der Waals surface area contributed by atoms with E-state index in [9.17, 15) is 4.79 Å². The highest BCUT2D eigenvalue weighted by Crippen LogP contribution is 2.25. The highest BCUT2D eigenvalue weighted by molar-refractivity contribution is 7.17. The van der Waals surface area contributed by atoms with Crippen LogP contribution in [-0.2, 0) is 6.54 Å². The molecule has 4 rings (SSSR count). The van der Waals surface area contributed by atoms with E-state index in [4.69, 9.17) is 0 Å². The lowest BCUT2D eigenvalue weighted by Crippen LogP contribution is -2.38. The first kappa shape index (κ1) is 14.6. The number of nitrogens with zero attached hydrogens (tertiary/aromatic N) is 4. The minimum Gasteiger partial charge on any atom is -0.301 e. The summed E-state index contributed by atoms with van der Waals surface area (Å²) in [6, 6.07) is 3.96. The molecule has 120 valence electrons. The van der Waals surface area contributed by atoms with Gasteiger partial charge in [0.25, 0.3) is 5.56 Å². The van der Waals surface area contributed by atoms with Crippen molar-refractivity contribution in [2.75, 3.05) is 19.6 Å². The van der Waals surface area contributed by atoms with Gasteiger partial charge in [-0.05, 0) is 36.9 Å². The van der Waals surface area contributed by atoms with Crippen LogP contribution in [0.2, 0.25) is 0 Å². The topological polar surface area (TPSA) is 66.8 Å². The Labute approximate surface area is 137 Å². The van der Waals surface area contributed by atoms with Gasteiger partial charge < -0.3 is 4.90 Å². The van der Waals surface area contributed by atoms with Crippen molar-refractivity contribution in [1.29, 1.82) is 0 Å². The van der Waals surface area contributed by atoms with Crippen molar-refractivity contribution in [2.24, 2.45) is 0 Å². The summed E-state index contributed by atoms with van der Waals surface area (Å²) in [7, 11) is 0. The first-order chi connectivity index (χ1) is 11.3. The quantitative estimate of drug-likeness (QED) is 0.796. The number of piperidine rings is 1. The van der Waals surface area contributed by atoms with Crippen LogP contribution < -0.4 is 5.56 Å². The highest BCUT2D eigenvalue weighted by atomic mass is 32.1. The van der Waals surface area contributed by atoms with Crippen LogP contribution >= 0.6 is 11.3 Å². The van der Waals surface area contributed by atoms with Gasteiger partial charge in [0.05, 0.1) is 11.8 Å². The highest BCUT2D eigenvalue weighted by Gasteiger charge is 2.22. The van der Waals surface area contributed by atoms with Gasteiger partial charge in [-0.3, -0.25) is 14.5 Å². The fourth-order valence-electron chi connectivity index (χ4n) is 3.29. The second-order valence-electron chi connectivity index (χ2n) is 6.03. The van der Waals surface area contributed by atoms with E-state index in [1.807, 2.05) is 17.6 Å². The SMILES string of the molecule is O=c1c2sccc2ncn1CCN1CCC[C@@H](c2ccn[nH]2)C1. The van der Waals surface area contributed by atoms with Crippen molar-refractivity contribution < 1.29 is 0 Å². The number of fused-ring (bicyclic) bond motifs is 1. The molecule has 1 fully saturated rings. The van der Waals surface area contributed by atoms with Gasteiger partial charge in [-0.2, -0.15) is 5.10 Å². The Bertz CT molecular complexity index is 838. The number of hydrogen-bond donors (Lipinski definition) is 1. The van der Waals surface area contributed by atoms with Crippen LogP contribution in [0.25, 0.3) is 10.2 Å². The Morgan fingerprint density at radius 2 is 2.30 bits per heavy atom. The largest absolute Gasteiger partial charge is 0.301 e. The maximum atomic E-state index is 12.4. The molecule has 0 aromatic carbocycles. The van der Waals surface area contributed by atoms with Gasteiger partial charge in [-0.25, -0.2) is 4.98 Å². The van der Waals surface area contributed by atoms with Gasteiger partial charge >= 0.3 is 0 Å². The Hall–Kier alpha value is -1.99. The van der Waals surface area contributed by atoms with Crippen LogP contribution in [0.1, 0.15) is 24.5 Å². The molecule has 0 spiro atoms. The summed E-state index contributed by atoms with van der Waals surface area (Å²) in [5, 5.41) is 9.06. The smallest absolute Gasteiger partial charge is 0.271 e. The maximum Gasteiger partial charge on any atom is 0.271 e. The molecule has 3 aromatic rings. The van der Waals surface area contributed by atoms with Crippen molar-refractivity contribution in [3.8, 4) is 0 Å². The van der Waals surface area contributed by atoms with Crippen LogP contribution in [-0.4, -0.2) is 44.3 Å². The van der Waals surface area contributed by atoms with Gasteiger partial charge in [-0.1, -0.05) is 0 Å². The van der Waals surface area contributed by atoms with E-state index in [0.29, 0.717) is 12.5 Å². The fraction of sp³-hybridized carbons (Fsp3) is 0.438. The molecule has 0 radical (unpaired) electrons. The number of likely N-dealkylation sites (tertiary alicyclic amines) is 1. The second kappa shape index (κ2) is 6.25. The molecule has 1 N–H and O–H groups in total. The molecule has 1 atom stereocenters. The Balaban J connectivity index is 1.43. The summed E-state index contributed by atoms with van der Waals surface area (Å²) < 4.78 is 2.49. The van der Waals surface area contributed by atoms with Crippen LogP contribution in [0.3, 0.4) is 0 Å². The normalized spacial score (nSPS) is 19.4. The van der Waals surface area contributed by atoms with Gasteiger partial charge in [-0.15, -0.1) is 11.3 Å². The molecule has 1 aliphatic rings. The minimum atomic E-state index is 0.0760. The zero-order chi connectivity index (χ0) is 15.6. The van der Waals surface area contributed by atoms with Crippen molar-refractivity contribution in [1.82, 2.24) is 24.6 Å². The molecule has 0 unspecified atom stereocenters. The van der Waals surface area contributed by atoms with E-state index < -0.39 is 0 Å². The molecular formula is C16H19N5OS. The Kier molecular flexibility index (Phi) is 3.97. The van der Waals surface area contributed by atoms with E-state index in [1.54, 1.807) is 10.9 Å². The molecule has 0 aliphatic carbocycles. The zero-order valence-corrected chi connectivity index (χ0v) is 13.6. The third-order valence-corrected chi connectivity index (χ3v) is 5.45. The minimum absolute atomic E-state index is 0.0760. The van der Waals surface area contributed by atoms with Crippen LogP contribution in [0, 0.1) is 0 Å². The van der Waals surface area contributed by atoms with Crippen LogP contribution in [0.15, 0.2) is 34.8 Å². The lowest BCUT2D eigenvalue weighted by Gasteiger charge is -2.32. The average molecular weight is 329 g/mol. The van der Waals surface area contributed by atoms with Crippen LogP contribution in [0.4, 0.5) is 0 Å².